The molecule has 0 bridgehead atoms. The smallest absolute Gasteiger partial charge is 0.333 e. The highest BCUT2D eigenvalue weighted by molar-refractivity contribution is 7.22. The fourth-order valence-electron chi connectivity index (χ4n) is 14.6. The highest BCUT2D eigenvalue weighted by Gasteiger charge is 2.42. The van der Waals surface area contributed by atoms with Gasteiger partial charge < -0.3 is 64.7 Å². The van der Waals surface area contributed by atoms with Crippen LogP contribution in [0.3, 0.4) is 0 Å². The molecule has 14 rings (SSSR count). The van der Waals surface area contributed by atoms with Crippen LogP contribution in [0.5, 0.6) is 17.2 Å². The van der Waals surface area contributed by atoms with Gasteiger partial charge in [0, 0.05) is 54.7 Å². The lowest BCUT2D eigenvalue weighted by Crippen LogP contribution is -2.53. The van der Waals surface area contributed by atoms with Crippen molar-refractivity contribution in [3.63, 3.8) is 0 Å². The van der Waals surface area contributed by atoms with Gasteiger partial charge in [-0.25, -0.2) is 55.6 Å². The summed E-state index contributed by atoms with van der Waals surface area (Å²) in [5.74, 6) is -6.47. The summed E-state index contributed by atoms with van der Waals surface area (Å²) in [6.07, 6.45) is 4.84. The number of esters is 2. The van der Waals surface area contributed by atoms with Gasteiger partial charge in [0.15, 0.2) is 0 Å². The van der Waals surface area contributed by atoms with Crippen LogP contribution >= 0.6 is 34.0 Å². The molecule has 3 atom stereocenters. The SMILES string of the molecule is CO.COc1ccc(F)cc1[C@H](Cn1c(=O)n(C(C)(C)C(=O)O)c(=O)c2c(C)c(-n3nccn3)sc21)OCCC(N)=O.COc1ccc(F)cc1[C@H](Cn1c(=O)n(C(C)(C)C(=O)OCc2ccccc2)c(=O)c2c(C)c(-n3nccn3)sc21)OCCC(=O)O.COc1ccc(F)cc1[C@H](Cn1c(=O)n(C(C)(C)C(=O)OCc2ccccc2)c(=O)c2c(C)c(-n3nccn3)sc21)OCCC(N)=O.[2H]CC. The van der Waals surface area contributed by atoms with Crippen molar-refractivity contribution in [2.24, 2.45) is 11.5 Å². The first-order valence-corrected chi connectivity index (χ1v) is 44.6. The van der Waals surface area contributed by atoms with Crippen molar-refractivity contribution in [3.8, 4) is 32.3 Å². The third kappa shape index (κ3) is 23.2. The summed E-state index contributed by atoms with van der Waals surface area (Å²) in [4.78, 5) is 163. The van der Waals surface area contributed by atoms with Gasteiger partial charge in [0.25, 0.3) is 16.7 Å². The number of ether oxygens (including phenoxy) is 8. The van der Waals surface area contributed by atoms with Gasteiger partial charge in [0.1, 0.15) is 112 Å². The number of nitrogens with two attached hydrogens (primary N) is 2. The lowest BCUT2D eigenvalue weighted by atomic mass is 10.0. The Balaban J connectivity index is 0.000000211. The zero-order valence-corrected chi connectivity index (χ0v) is 79.8. The van der Waals surface area contributed by atoms with Crippen LogP contribution in [-0.4, -0.2) is 172 Å². The number of primary amides is 2. The van der Waals surface area contributed by atoms with Gasteiger partial charge in [-0.3, -0.25) is 42.5 Å². The van der Waals surface area contributed by atoms with Gasteiger partial charge >= 0.3 is 40.9 Å². The van der Waals surface area contributed by atoms with Crippen LogP contribution in [0.15, 0.2) is 181 Å². The molecule has 0 aliphatic carbocycles. The number of thiophene rings is 3. The molecule has 0 aliphatic heterocycles. The molecule has 0 fully saturated rings. The number of aliphatic carboxylic acids is 2. The maximum absolute atomic E-state index is 14.6. The van der Waals surface area contributed by atoms with E-state index in [2.05, 4.69) is 30.6 Å². The summed E-state index contributed by atoms with van der Waals surface area (Å²) in [6, 6.07) is 29.3. The fourth-order valence-corrected chi connectivity index (χ4v) is 18.2. The molecular formula is C92H102F3N17O23S3. The molecular weight excluding hydrogens is 1860 g/mol. The summed E-state index contributed by atoms with van der Waals surface area (Å²) in [6.45, 7) is 13.8. The van der Waals surface area contributed by atoms with Crippen LogP contribution in [0, 0.1) is 38.2 Å². The molecule has 0 aliphatic rings. The van der Waals surface area contributed by atoms with Crippen LogP contribution in [0.4, 0.5) is 13.2 Å². The first-order valence-electron chi connectivity index (χ1n) is 42.9. The molecule has 732 valence electrons. The van der Waals surface area contributed by atoms with Crippen molar-refractivity contribution in [2.45, 2.75) is 163 Å². The molecule has 7 N–H and O–H groups in total. The predicted molar refractivity (Wildman–Crippen MR) is 502 cm³/mol. The van der Waals surface area contributed by atoms with E-state index >= 15 is 0 Å². The van der Waals surface area contributed by atoms with E-state index in [1.54, 1.807) is 76.2 Å². The predicted octanol–water partition coefficient (Wildman–Crippen LogP) is 9.70. The Kier molecular flexibility index (Phi) is 34.8. The molecule has 46 heteroatoms. The molecule has 0 radical (unpaired) electrons. The largest absolute Gasteiger partial charge is 0.496 e. The number of aliphatic hydroxyl groups excluding tert-OH is 1. The maximum atomic E-state index is 14.6. The number of fused-ring (bicyclic) bond motifs is 3. The van der Waals surface area contributed by atoms with Gasteiger partial charge in [-0.05, 0) is 128 Å². The van der Waals surface area contributed by atoms with E-state index in [9.17, 15) is 80.9 Å². The Morgan fingerprint density at radius 3 is 0.957 bits per heavy atom. The number of rotatable bonds is 37. The van der Waals surface area contributed by atoms with Crippen molar-refractivity contribution < 1.29 is 96.5 Å². The van der Waals surface area contributed by atoms with Crippen molar-refractivity contribution in [3.05, 3.63) is 277 Å². The first-order chi connectivity index (χ1) is 66.2. The zero-order chi connectivity index (χ0) is 102. The topological polar surface area (TPSA) is 513 Å². The van der Waals surface area contributed by atoms with Crippen LogP contribution in [0.25, 0.3) is 45.7 Å². The number of carboxylic acids is 2. The van der Waals surface area contributed by atoms with E-state index in [-0.39, 0.29) is 137 Å². The number of aromatic nitrogens is 15. The Labute approximate surface area is 797 Å². The van der Waals surface area contributed by atoms with Crippen LogP contribution in [-0.2, 0) is 102 Å². The van der Waals surface area contributed by atoms with Gasteiger partial charge in [-0.1, -0.05) is 108 Å². The van der Waals surface area contributed by atoms with Crippen molar-refractivity contribution in [1.82, 2.24) is 72.4 Å². The third-order valence-corrected chi connectivity index (χ3v) is 25.5. The van der Waals surface area contributed by atoms with Gasteiger partial charge in [0.2, 0.25) is 11.8 Å². The van der Waals surface area contributed by atoms with Gasteiger partial charge in [0.05, 0.1) is 121 Å². The Morgan fingerprint density at radius 1 is 0.435 bits per heavy atom. The first kappa shape index (κ1) is 104. The Hall–Kier alpha value is -14.7. The average molecular weight is 1970 g/mol. The molecule has 2 amide bonds. The lowest BCUT2D eigenvalue weighted by molar-refractivity contribution is -0.155. The van der Waals surface area contributed by atoms with E-state index in [1.807, 2.05) is 12.1 Å². The maximum Gasteiger partial charge on any atom is 0.333 e. The Morgan fingerprint density at radius 2 is 0.703 bits per heavy atom. The zero-order valence-electron chi connectivity index (χ0n) is 78.4. The number of halogens is 3. The minimum Gasteiger partial charge on any atom is -0.496 e. The minimum atomic E-state index is -1.93. The summed E-state index contributed by atoms with van der Waals surface area (Å²) in [5.41, 5.74) is 3.70. The van der Waals surface area contributed by atoms with Crippen LogP contribution < -0.4 is 59.4 Å². The normalized spacial score (nSPS) is 12.2. The monoisotopic (exact) mass is 1970 g/mol. The quantitative estimate of drug-likeness (QED) is 0.0226. The number of methoxy groups -OCH3 is 3. The number of carboxylic acid groups (broad SMARTS) is 2. The molecule has 0 spiro atoms. The molecule has 0 saturated carbocycles. The lowest BCUT2D eigenvalue weighted by Gasteiger charge is -2.27. The summed E-state index contributed by atoms with van der Waals surface area (Å²) >= 11 is 3.20. The molecule has 138 heavy (non-hydrogen) atoms. The standard InChI is InChI=1S/C32H33FN6O7S.C32H32FN5O8S.C25H27FN6O7S.C2H6.CH4O/c1-19-26-27(41)38(32(2,3)30(42)46-18-20-8-6-5-7-9-20)31(43)37(29(26)47-28(19)39-35-13-14-36-39)17-24(45-15-12-25(34)40)22-16-21(33)10-11-23(22)44-4;1-19-26-27(41)37(32(2,3)30(42)46-18-20-8-6-5-7-9-20)31(43)36(29(26)47-28(19)38-34-13-14-35-38)17-24(45-15-12-25(39)40)22-16-21(33)10-11-23(22)44-4;1-13-19-20(34)31(25(2,3)23(35)36)24(37)30(22(19)40-21(13)32-28-8-9-29-32)12-17(39-10-7-18(27)33)15-11-14(26)5-6-16(15)38-4;2*1-2/h5-11,13-14,16,24H,12,15,17-18H2,1-4H3,(H2,34,40);5-11,13-14,16,24H,12,15,17-18H2,1-4H3,(H,39,40);5-6,8-9,11,17H,7,10,12H2,1-4H3,(H2,27,33)(H,35,36);1-2H3;2H,1H3/t2*24-;17-;;/m000../s1/i;;;1D;. The van der Waals surface area contributed by atoms with Gasteiger partial charge in [-0.2, -0.15) is 30.6 Å². The number of benzene rings is 5. The number of hydrogen-bond donors (Lipinski definition) is 5. The summed E-state index contributed by atoms with van der Waals surface area (Å²) < 4.78 is 101. The molecule has 14 aromatic rings. The van der Waals surface area contributed by atoms with E-state index in [0.29, 0.717) is 48.7 Å². The van der Waals surface area contributed by atoms with E-state index < -0.39 is 122 Å². The summed E-state index contributed by atoms with van der Waals surface area (Å²) in [7, 11) is 5.16. The second-order valence-corrected chi connectivity index (χ2v) is 34.5. The number of carbonyl (C=O) groups excluding carboxylic acids is 4. The molecule has 40 nitrogen and oxygen atoms in total. The van der Waals surface area contributed by atoms with Crippen molar-refractivity contribution in [2.75, 3.05) is 48.3 Å². The highest BCUT2D eigenvalue weighted by Crippen LogP contribution is 2.40. The second-order valence-electron chi connectivity index (χ2n) is 31.6. The number of hydrogen-bond acceptors (Lipinski definition) is 30. The number of aryl methyl sites for hydroxylation is 3. The number of aliphatic hydroxyl groups is 1. The fraction of sp³-hybridized carbons (Fsp3) is 0.348. The second kappa shape index (κ2) is 46.2. The van der Waals surface area contributed by atoms with Crippen LogP contribution in [0.1, 0.15) is 139 Å². The number of nitrogens with zero attached hydrogens (tertiary/aromatic N) is 15. The van der Waals surface area contributed by atoms with Crippen LogP contribution in [0.2, 0.25) is 0 Å². The van der Waals surface area contributed by atoms with E-state index in [1.165, 1.54) is 183 Å². The molecule has 9 heterocycles. The minimum absolute atomic E-state index is 0.0734. The van der Waals surface area contributed by atoms with E-state index in [0.717, 1.165) is 55.8 Å². The van der Waals surface area contributed by atoms with Gasteiger partial charge in [-0.15, -0.1) is 14.4 Å². The van der Waals surface area contributed by atoms with Crippen molar-refractivity contribution in [1.29, 1.82) is 0 Å². The third-order valence-electron chi connectivity index (χ3n) is 21.6. The number of carbonyl (C=O) groups is 6. The average Bonchev–Trinajstić information content (AvgIpc) is 1.64. The number of amides is 2. The van der Waals surface area contributed by atoms with Crippen molar-refractivity contribution >= 4 is 100 Å². The summed E-state index contributed by atoms with van der Waals surface area (Å²) in [5, 5.41) is 52.9. The Bertz CT molecular complexity index is 6850. The highest BCUT2D eigenvalue weighted by atomic mass is 32.1. The molecule has 9 aromatic heterocycles. The molecule has 0 saturated heterocycles. The molecule has 0 unspecified atom stereocenters. The molecule has 5 aromatic carbocycles. The van der Waals surface area contributed by atoms with E-state index in [4.69, 9.17) is 55.8 Å².